The molecule has 0 spiro atoms. The minimum absolute atomic E-state index is 0. The van der Waals surface area contributed by atoms with Crippen LogP contribution >= 0.6 is 0 Å². The van der Waals surface area contributed by atoms with Gasteiger partial charge in [0.1, 0.15) is 0 Å². The molecule has 12 aromatic rings. The molecule has 1 heteroatoms. The summed E-state index contributed by atoms with van der Waals surface area (Å²) in [7, 11) is 0. The van der Waals surface area contributed by atoms with Crippen LogP contribution in [0.3, 0.4) is 0 Å². The van der Waals surface area contributed by atoms with Crippen LogP contribution in [0.2, 0.25) is 0 Å². The summed E-state index contributed by atoms with van der Waals surface area (Å²) in [6, 6.07) is 108. The molecule has 12 aromatic carbocycles. The Labute approximate surface area is 432 Å². The molecule has 0 aliphatic carbocycles. The van der Waals surface area contributed by atoms with Gasteiger partial charge in [0.15, 0.2) is 0 Å². The van der Waals surface area contributed by atoms with Gasteiger partial charge >= 0.3 is 21.1 Å². The van der Waals surface area contributed by atoms with Gasteiger partial charge in [-0.1, -0.05) is 392 Å². The topological polar surface area (TPSA) is 0 Å². The molecule has 0 radical (unpaired) electrons. The molecule has 0 unspecified atom stereocenters. The van der Waals surface area contributed by atoms with Gasteiger partial charge in [0.25, 0.3) is 0 Å². The van der Waals surface area contributed by atoms with Crippen LogP contribution < -0.4 is 0 Å². The Morgan fingerprint density at radius 1 is 0.155 bits per heavy atom. The van der Waals surface area contributed by atoms with E-state index in [1.165, 1.54) is 111 Å². The molecule has 71 heavy (non-hydrogen) atoms. The van der Waals surface area contributed by atoms with Gasteiger partial charge in [-0.2, -0.15) is 0 Å². The average molecular weight is 1080 g/mol. The molecule has 0 N–H and O–H groups in total. The van der Waals surface area contributed by atoms with Gasteiger partial charge in [-0.05, 0) is 22.3 Å². The molecular weight excluding hydrogens is 1020 g/mol. The molecule has 0 nitrogen and oxygen atoms in total. The zero-order chi connectivity index (χ0) is 46.9. The van der Waals surface area contributed by atoms with Gasteiger partial charge in [0, 0.05) is 0 Å². The third-order valence-corrected chi connectivity index (χ3v) is 13.1. The molecular formula is C70H50W. The van der Waals surface area contributed by atoms with E-state index in [0.29, 0.717) is 0 Å². The van der Waals surface area contributed by atoms with Gasteiger partial charge in [0.05, 0.1) is 0 Å². The van der Waals surface area contributed by atoms with E-state index in [1.807, 2.05) is 0 Å². The van der Waals surface area contributed by atoms with Gasteiger partial charge in [0.2, 0.25) is 0 Å². The van der Waals surface area contributed by atoms with Crippen molar-refractivity contribution in [2.75, 3.05) is 0 Å². The van der Waals surface area contributed by atoms with Gasteiger partial charge in [-0.15, -0.1) is 0 Å². The summed E-state index contributed by atoms with van der Waals surface area (Å²) in [5.74, 6) is 0. The van der Waals surface area contributed by atoms with Crippen molar-refractivity contribution in [1.82, 2.24) is 0 Å². The van der Waals surface area contributed by atoms with Crippen LogP contribution in [0.4, 0.5) is 0 Å². The van der Waals surface area contributed by atoms with Gasteiger partial charge < -0.3 is 0 Å². The molecule has 0 aliphatic rings. The van der Waals surface area contributed by atoms with Crippen LogP contribution in [0.15, 0.2) is 303 Å². The van der Waals surface area contributed by atoms with E-state index < -0.39 is 0 Å². The molecule has 0 aromatic heterocycles. The zero-order valence-electron chi connectivity index (χ0n) is 39.3. The summed E-state index contributed by atoms with van der Waals surface area (Å²) >= 11 is 0. The number of rotatable bonds is 10. The van der Waals surface area contributed by atoms with Crippen LogP contribution in [0.5, 0.6) is 0 Å². The van der Waals surface area contributed by atoms with E-state index in [9.17, 15) is 0 Å². The predicted octanol–water partition coefficient (Wildman–Crippen LogP) is 19.5. The van der Waals surface area contributed by atoms with Crippen LogP contribution in [0.25, 0.3) is 111 Å². The average Bonchev–Trinajstić information content (AvgIpc) is 4.01. The maximum absolute atomic E-state index is 2.23. The van der Waals surface area contributed by atoms with Crippen LogP contribution in [0, 0.1) is 0 Å². The molecule has 0 heterocycles. The third kappa shape index (κ3) is 9.52. The Bertz CT molecular complexity index is 2710. The van der Waals surface area contributed by atoms with E-state index in [1.54, 1.807) is 0 Å². The Kier molecular flexibility index (Phi) is 14.3. The minimum Gasteiger partial charge on any atom is -0.0999 e. The van der Waals surface area contributed by atoms with Crippen molar-refractivity contribution in [1.29, 1.82) is 0 Å². The summed E-state index contributed by atoms with van der Waals surface area (Å²) in [4.78, 5) is 0. The molecule has 336 valence electrons. The number of hydrogen-bond acceptors (Lipinski definition) is 0. The smallest absolute Gasteiger partial charge is 0.0999 e. The van der Waals surface area contributed by atoms with Crippen molar-refractivity contribution in [3.63, 3.8) is 0 Å². The fourth-order valence-electron chi connectivity index (χ4n) is 10.2. The molecule has 0 amide bonds. The standard InChI is InChI=1S/2C35H25.W/c2*1-6-16-26(17-7-1)31-32(27-18-8-2-9-19-27)34(29-22-12-4-13-23-29)35(30-24-14-5-15-25-30)33(31)28-20-10-3-11-21-28;/h2*1-25H;/q2*-1;+2. The Balaban J connectivity index is 0.000000162. The second-order valence-electron chi connectivity index (χ2n) is 17.4. The number of benzene rings is 10. The van der Waals surface area contributed by atoms with E-state index >= 15 is 0 Å². The van der Waals surface area contributed by atoms with Crippen molar-refractivity contribution in [2.45, 2.75) is 0 Å². The van der Waals surface area contributed by atoms with Crippen molar-refractivity contribution in [3.8, 4) is 111 Å². The van der Waals surface area contributed by atoms with Crippen molar-refractivity contribution in [3.05, 3.63) is 303 Å². The molecule has 0 saturated heterocycles. The molecule has 0 atom stereocenters. The summed E-state index contributed by atoms with van der Waals surface area (Å²) in [6.07, 6.45) is 0. The van der Waals surface area contributed by atoms with Gasteiger partial charge in [-0.25, -0.2) is 0 Å². The fraction of sp³-hybridized carbons (Fsp3) is 0. The third-order valence-electron chi connectivity index (χ3n) is 13.1. The summed E-state index contributed by atoms with van der Waals surface area (Å²) < 4.78 is 0. The Morgan fingerprint density at radius 2 is 0.296 bits per heavy atom. The molecule has 0 saturated carbocycles. The van der Waals surface area contributed by atoms with E-state index in [2.05, 4.69) is 303 Å². The number of hydrogen-bond donors (Lipinski definition) is 0. The van der Waals surface area contributed by atoms with Crippen LogP contribution in [0.1, 0.15) is 0 Å². The second kappa shape index (κ2) is 21.9. The predicted molar refractivity (Wildman–Crippen MR) is 298 cm³/mol. The first-order chi connectivity index (χ1) is 34.8. The molecule has 12 rings (SSSR count). The quantitative estimate of drug-likeness (QED) is 0.120. The summed E-state index contributed by atoms with van der Waals surface area (Å²) in [6.45, 7) is 0. The van der Waals surface area contributed by atoms with E-state index in [0.717, 1.165) is 0 Å². The van der Waals surface area contributed by atoms with E-state index in [-0.39, 0.29) is 21.1 Å². The molecule has 0 bridgehead atoms. The first kappa shape index (κ1) is 46.3. The van der Waals surface area contributed by atoms with Gasteiger partial charge in [-0.3, -0.25) is 0 Å². The first-order valence-corrected chi connectivity index (χ1v) is 24.1. The molecule has 0 fully saturated rings. The zero-order valence-corrected chi connectivity index (χ0v) is 42.2. The second-order valence-corrected chi connectivity index (χ2v) is 17.4. The Hall–Kier alpha value is -8.41. The monoisotopic (exact) mass is 1070 g/mol. The van der Waals surface area contributed by atoms with Crippen LogP contribution in [-0.2, 0) is 21.1 Å². The van der Waals surface area contributed by atoms with Crippen molar-refractivity contribution in [2.24, 2.45) is 0 Å². The van der Waals surface area contributed by atoms with Crippen molar-refractivity contribution >= 4 is 0 Å². The molecule has 0 aliphatic heterocycles. The largest absolute Gasteiger partial charge is 2.00 e. The maximum Gasteiger partial charge on any atom is 2.00 e. The summed E-state index contributed by atoms with van der Waals surface area (Å²) in [5.41, 5.74) is 25.0. The van der Waals surface area contributed by atoms with Crippen molar-refractivity contribution < 1.29 is 21.1 Å². The SMILES string of the molecule is [W+2].c1ccc(-c2c(-c3ccccc3)c(-c3ccccc3)[c-](-c3ccccc3)c2-c2ccccc2)cc1.c1ccc(-c2c(-c3ccccc3)c(-c3ccccc3)[c-](-c3ccccc3)c2-c2ccccc2)cc1. The van der Waals surface area contributed by atoms with Crippen LogP contribution in [-0.4, -0.2) is 0 Å². The Morgan fingerprint density at radius 3 is 0.465 bits per heavy atom. The fourth-order valence-corrected chi connectivity index (χ4v) is 10.2. The van der Waals surface area contributed by atoms with E-state index in [4.69, 9.17) is 0 Å². The minimum atomic E-state index is 0. The summed E-state index contributed by atoms with van der Waals surface area (Å²) in [5, 5.41) is 0. The first-order valence-electron chi connectivity index (χ1n) is 24.1. The normalized spacial score (nSPS) is 10.7. The maximum atomic E-state index is 2.23.